The van der Waals surface area contributed by atoms with Gasteiger partial charge in [0.1, 0.15) is 0 Å². The topological polar surface area (TPSA) is 40.5 Å². The van der Waals surface area contributed by atoms with Gasteiger partial charge in [-0.3, -0.25) is 4.79 Å². The predicted molar refractivity (Wildman–Crippen MR) is 37.2 cm³/mol. The van der Waals surface area contributed by atoms with Crippen LogP contribution in [-0.2, 0) is 4.79 Å². The molecule has 1 amide bonds. The molecule has 1 unspecified atom stereocenters. The number of rotatable bonds is 1. The lowest BCUT2D eigenvalue weighted by Crippen LogP contribution is -2.30. The van der Waals surface area contributed by atoms with Crippen LogP contribution in [-0.4, -0.2) is 29.2 Å². The molecule has 1 N–H and O–H groups in total. The summed E-state index contributed by atoms with van der Waals surface area (Å²) in [6.45, 7) is 1.92. The van der Waals surface area contributed by atoms with E-state index in [1.165, 1.54) is 11.0 Å². The van der Waals surface area contributed by atoms with Gasteiger partial charge in [0.05, 0.1) is 0 Å². The van der Waals surface area contributed by atoms with Crippen LogP contribution in [0.1, 0.15) is 13.3 Å². The summed E-state index contributed by atoms with van der Waals surface area (Å²) in [7, 11) is 1.59. The summed E-state index contributed by atoms with van der Waals surface area (Å²) in [5, 5.41) is 9.26. The summed E-state index contributed by atoms with van der Waals surface area (Å²) >= 11 is 0. The minimum Gasteiger partial charge on any atom is -0.369 e. The molecule has 0 aromatic heterocycles. The second-order valence-electron chi connectivity index (χ2n) is 2.40. The number of carbonyl (C=O) groups excluding carboxylic acids is 1. The highest BCUT2D eigenvalue weighted by Crippen LogP contribution is 2.17. The Morgan fingerprint density at radius 1 is 1.80 bits per heavy atom. The van der Waals surface area contributed by atoms with E-state index in [1.807, 2.05) is 6.92 Å². The van der Waals surface area contributed by atoms with Gasteiger partial charge in [-0.05, 0) is 12.0 Å². The molecule has 1 aliphatic rings. The van der Waals surface area contributed by atoms with Crippen molar-refractivity contribution >= 4 is 5.91 Å². The van der Waals surface area contributed by atoms with Gasteiger partial charge in [-0.1, -0.05) is 6.92 Å². The molecule has 1 aliphatic heterocycles. The van der Waals surface area contributed by atoms with Gasteiger partial charge >= 0.3 is 0 Å². The first kappa shape index (κ1) is 7.28. The van der Waals surface area contributed by atoms with Crippen molar-refractivity contribution in [2.75, 3.05) is 7.05 Å². The predicted octanol–water partition coefficient (Wildman–Crippen LogP) is 0.113. The molecule has 0 saturated heterocycles. The standard InChI is InChI=1S/C7H11NO2/c1-3-5-4-6(9)8(2)7(5)10/h4,7,10H,3H2,1-2H3. The first-order valence-corrected chi connectivity index (χ1v) is 3.32. The molecule has 0 spiro atoms. The monoisotopic (exact) mass is 141 g/mol. The molecule has 0 saturated carbocycles. The van der Waals surface area contributed by atoms with Crippen molar-refractivity contribution in [3.63, 3.8) is 0 Å². The van der Waals surface area contributed by atoms with E-state index < -0.39 is 6.23 Å². The van der Waals surface area contributed by atoms with E-state index in [0.717, 1.165) is 12.0 Å². The lowest BCUT2D eigenvalue weighted by molar-refractivity contribution is -0.128. The highest BCUT2D eigenvalue weighted by atomic mass is 16.3. The molecular formula is C7H11NO2. The van der Waals surface area contributed by atoms with Gasteiger partial charge in [0, 0.05) is 13.1 Å². The third-order valence-corrected chi connectivity index (χ3v) is 1.76. The van der Waals surface area contributed by atoms with Crippen LogP contribution in [0.25, 0.3) is 0 Å². The minimum atomic E-state index is -0.683. The molecule has 56 valence electrons. The van der Waals surface area contributed by atoms with Gasteiger partial charge in [0.15, 0.2) is 6.23 Å². The lowest BCUT2D eigenvalue weighted by atomic mass is 10.2. The second kappa shape index (κ2) is 2.42. The third-order valence-electron chi connectivity index (χ3n) is 1.76. The summed E-state index contributed by atoms with van der Waals surface area (Å²) in [5.41, 5.74) is 0.799. The van der Waals surface area contributed by atoms with Crippen LogP contribution in [0.15, 0.2) is 11.6 Å². The average molecular weight is 141 g/mol. The van der Waals surface area contributed by atoms with E-state index in [0.29, 0.717) is 0 Å². The van der Waals surface area contributed by atoms with Crippen LogP contribution < -0.4 is 0 Å². The van der Waals surface area contributed by atoms with Crippen molar-refractivity contribution in [1.82, 2.24) is 4.90 Å². The second-order valence-corrected chi connectivity index (χ2v) is 2.40. The molecule has 1 rings (SSSR count). The number of hydrogen-bond acceptors (Lipinski definition) is 2. The average Bonchev–Trinajstić information content (AvgIpc) is 2.17. The Morgan fingerprint density at radius 3 is 2.60 bits per heavy atom. The van der Waals surface area contributed by atoms with Crippen LogP contribution in [0.3, 0.4) is 0 Å². The SMILES string of the molecule is CCC1=CC(=O)N(C)C1O. The van der Waals surface area contributed by atoms with Crippen LogP contribution in [0.4, 0.5) is 0 Å². The van der Waals surface area contributed by atoms with E-state index in [9.17, 15) is 9.90 Å². The molecule has 0 bridgehead atoms. The summed E-state index contributed by atoms with van der Waals surface area (Å²) in [5.74, 6) is -0.107. The number of amides is 1. The number of hydrogen-bond donors (Lipinski definition) is 1. The molecule has 0 aromatic rings. The zero-order chi connectivity index (χ0) is 7.72. The molecule has 3 nitrogen and oxygen atoms in total. The molecule has 1 atom stereocenters. The number of aliphatic hydroxyl groups excluding tert-OH is 1. The van der Waals surface area contributed by atoms with Gasteiger partial charge in [-0.15, -0.1) is 0 Å². The Labute approximate surface area is 59.9 Å². The van der Waals surface area contributed by atoms with E-state index in [-0.39, 0.29) is 5.91 Å². The van der Waals surface area contributed by atoms with Gasteiger partial charge in [-0.2, -0.15) is 0 Å². The molecule has 0 radical (unpaired) electrons. The Bertz CT molecular complexity index is 186. The van der Waals surface area contributed by atoms with Crippen LogP contribution >= 0.6 is 0 Å². The highest BCUT2D eigenvalue weighted by Gasteiger charge is 2.25. The molecule has 0 aromatic carbocycles. The summed E-state index contributed by atoms with van der Waals surface area (Å²) in [6.07, 6.45) is 1.54. The van der Waals surface area contributed by atoms with Crippen molar-refractivity contribution in [3.05, 3.63) is 11.6 Å². The molecule has 1 heterocycles. The van der Waals surface area contributed by atoms with Gasteiger partial charge in [-0.25, -0.2) is 0 Å². The van der Waals surface area contributed by atoms with Crippen LogP contribution in [0.5, 0.6) is 0 Å². The Balaban J connectivity index is 2.78. The zero-order valence-electron chi connectivity index (χ0n) is 6.16. The summed E-state index contributed by atoms with van der Waals surface area (Å²) in [4.78, 5) is 12.2. The number of aliphatic hydroxyl groups is 1. The van der Waals surface area contributed by atoms with Gasteiger partial charge in [0.2, 0.25) is 5.91 Å². The Morgan fingerprint density at radius 2 is 2.40 bits per heavy atom. The number of nitrogens with zero attached hydrogens (tertiary/aromatic N) is 1. The first-order chi connectivity index (χ1) is 4.66. The maximum absolute atomic E-state index is 10.8. The minimum absolute atomic E-state index is 0.107. The fraction of sp³-hybridized carbons (Fsp3) is 0.571. The summed E-state index contributed by atoms with van der Waals surface area (Å²) in [6, 6.07) is 0. The van der Waals surface area contributed by atoms with E-state index in [4.69, 9.17) is 0 Å². The van der Waals surface area contributed by atoms with Crippen molar-refractivity contribution in [3.8, 4) is 0 Å². The quantitative estimate of drug-likeness (QED) is 0.563. The van der Waals surface area contributed by atoms with Crippen molar-refractivity contribution in [2.24, 2.45) is 0 Å². The smallest absolute Gasteiger partial charge is 0.248 e. The maximum atomic E-state index is 10.8. The third kappa shape index (κ3) is 0.926. The van der Waals surface area contributed by atoms with Crippen molar-refractivity contribution in [2.45, 2.75) is 19.6 Å². The van der Waals surface area contributed by atoms with Crippen LogP contribution in [0, 0.1) is 0 Å². The largest absolute Gasteiger partial charge is 0.369 e. The number of likely N-dealkylation sites (N-methyl/N-ethyl adjacent to an activating group) is 1. The lowest BCUT2D eigenvalue weighted by Gasteiger charge is -2.15. The molecule has 10 heavy (non-hydrogen) atoms. The highest BCUT2D eigenvalue weighted by molar-refractivity contribution is 5.91. The van der Waals surface area contributed by atoms with E-state index in [2.05, 4.69) is 0 Å². The normalized spacial score (nSPS) is 25.5. The van der Waals surface area contributed by atoms with E-state index >= 15 is 0 Å². The van der Waals surface area contributed by atoms with E-state index in [1.54, 1.807) is 7.05 Å². The van der Waals surface area contributed by atoms with Gasteiger partial charge in [0.25, 0.3) is 0 Å². The molecule has 0 fully saturated rings. The molecule has 0 aliphatic carbocycles. The Kier molecular flexibility index (Phi) is 1.76. The van der Waals surface area contributed by atoms with Crippen LogP contribution in [0.2, 0.25) is 0 Å². The van der Waals surface area contributed by atoms with Gasteiger partial charge < -0.3 is 10.0 Å². The summed E-state index contributed by atoms with van der Waals surface area (Å²) < 4.78 is 0. The fourth-order valence-corrected chi connectivity index (χ4v) is 0.989. The van der Waals surface area contributed by atoms with Crippen molar-refractivity contribution in [1.29, 1.82) is 0 Å². The maximum Gasteiger partial charge on any atom is 0.248 e. The Hall–Kier alpha value is -0.830. The molecular weight excluding hydrogens is 130 g/mol. The first-order valence-electron chi connectivity index (χ1n) is 3.32. The zero-order valence-corrected chi connectivity index (χ0v) is 6.16. The van der Waals surface area contributed by atoms with Crippen molar-refractivity contribution < 1.29 is 9.90 Å². The fourth-order valence-electron chi connectivity index (χ4n) is 0.989. The number of carbonyl (C=O) groups is 1. The molecule has 3 heteroatoms.